The first kappa shape index (κ1) is 19.5. The predicted molar refractivity (Wildman–Crippen MR) is 118 cm³/mol. The molecule has 3 aromatic rings. The van der Waals surface area contributed by atoms with Gasteiger partial charge in [0, 0.05) is 22.6 Å². The largest absolute Gasteiger partial charge is 0.456 e. The molecule has 0 spiro atoms. The highest BCUT2D eigenvalue weighted by molar-refractivity contribution is 6.29. The van der Waals surface area contributed by atoms with Gasteiger partial charge in [-0.05, 0) is 17.7 Å². The first-order valence-corrected chi connectivity index (χ1v) is 10.1. The van der Waals surface area contributed by atoms with Crippen molar-refractivity contribution in [3.8, 4) is 5.75 Å². The third-order valence-electron chi connectivity index (χ3n) is 5.43. The Kier molecular flexibility index (Phi) is 4.88. The SMILES string of the molecule is O=C1NC(=O)C(=CC2=C(c3ccccc3)Oc3ccccc3[C@@H]2c2ccccc2)C(=O)N1. The molecule has 0 aliphatic carbocycles. The number of hydrogen-bond acceptors (Lipinski definition) is 4. The van der Waals surface area contributed by atoms with Crippen LogP contribution in [0.4, 0.5) is 4.79 Å². The highest BCUT2D eigenvalue weighted by atomic mass is 16.5. The number of urea groups is 1. The van der Waals surface area contributed by atoms with E-state index in [9.17, 15) is 14.4 Å². The zero-order chi connectivity index (χ0) is 22.1. The fraction of sp³-hybridized carbons (Fsp3) is 0.0385. The van der Waals surface area contributed by atoms with Gasteiger partial charge in [-0.3, -0.25) is 20.2 Å². The number of nitrogens with one attached hydrogen (secondary N) is 2. The summed E-state index contributed by atoms with van der Waals surface area (Å²) in [6.45, 7) is 0. The summed E-state index contributed by atoms with van der Waals surface area (Å²) < 4.78 is 6.32. The van der Waals surface area contributed by atoms with Crippen LogP contribution in [-0.4, -0.2) is 17.8 Å². The Bertz CT molecular complexity index is 1270. The van der Waals surface area contributed by atoms with Gasteiger partial charge in [-0.15, -0.1) is 0 Å². The minimum absolute atomic E-state index is 0.156. The fourth-order valence-corrected chi connectivity index (χ4v) is 4.01. The van der Waals surface area contributed by atoms with Crippen LogP contribution in [0.2, 0.25) is 0 Å². The molecule has 0 radical (unpaired) electrons. The van der Waals surface area contributed by atoms with E-state index in [2.05, 4.69) is 10.6 Å². The first-order valence-electron chi connectivity index (χ1n) is 10.1. The van der Waals surface area contributed by atoms with E-state index >= 15 is 0 Å². The highest BCUT2D eigenvalue weighted by Crippen LogP contribution is 2.46. The molecule has 1 atom stereocenters. The van der Waals surface area contributed by atoms with Crippen LogP contribution >= 0.6 is 0 Å². The first-order chi connectivity index (χ1) is 15.6. The van der Waals surface area contributed by atoms with Crippen LogP contribution in [0.15, 0.2) is 102 Å². The number of carbonyl (C=O) groups excluding carboxylic acids is 3. The Morgan fingerprint density at radius 1 is 0.719 bits per heavy atom. The maximum absolute atomic E-state index is 12.5. The molecule has 2 aliphatic heterocycles. The van der Waals surface area contributed by atoms with Crippen LogP contribution in [0.5, 0.6) is 5.75 Å². The average Bonchev–Trinajstić information content (AvgIpc) is 2.81. The van der Waals surface area contributed by atoms with Gasteiger partial charge in [0.15, 0.2) is 0 Å². The van der Waals surface area contributed by atoms with E-state index in [1.54, 1.807) is 0 Å². The normalized spacial score (nSPS) is 17.8. The van der Waals surface area contributed by atoms with Gasteiger partial charge in [0.25, 0.3) is 11.8 Å². The van der Waals surface area contributed by atoms with Crippen molar-refractivity contribution in [3.63, 3.8) is 0 Å². The maximum Gasteiger partial charge on any atom is 0.328 e. The van der Waals surface area contributed by atoms with Crippen LogP contribution in [0.25, 0.3) is 5.76 Å². The summed E-state index contributed by atoms with van der Waals surface area (Å²) in [4.78, 5) is 36.5. The molecular formula is C26H18N2O4. The van der Waals surface area contributed by atoms with Gasteiger partial charge >= 0.3 is 6.03 Å². The lowest BCUT2D eigenvalue weighted by Gasteiger charge is -2.30. The van der Waals surface area contributed by atoms with Crippen molar-refractivity contribution < 1.29 is 19.1 Å². The molecule has 32 heavy (non-hydrogen) atoms. The van der Waals surface area contributed by atoms with Crippen LogP contribution in [-0.2, 0) is 9.59 Å². The topological polar surface area (TPSA) is 84.5 Å². The molecule has 2 aliphatic rings. The number of amides is 4. The lowest BCUT2D eigenvalue weighted by atomic mass is 9.80. The second-order valence-corrected chi connectivity index (χ2v) is 7.43. The van der Waals surface area contributed by atoms with Gasteiger partial charge in [-0.25, -0.2) is 4.79 Å². The van der Waals surface area contributed by atoms with Gasteiger partial charge in [-0.1, -0.05) is 78.9 Å². The van der Waals surface area contributed by atoms with Crippen molar-refractivity contribution >= 4 is 23.6 Å². The summed E-state index contributed by atoms with van der Waals surface area (Å²) in [6, 6.07) is 26.2. The molecule has 5 rings (SSSR count). The van der Waals surface area contributed by atoms with Crippen LogP contribution in [0.3, 0.4) is 0 Å². The van der Waals surface area contributed by atoms with Crippen LogP contribution < -0.4 is 15.4 Å². The van der Waals surface area contributed by atoms with Gasteiger partial charge in [0.2, 0.25) is 0 Å². The summed E-state index contributed by atoms with van der Waals surface area (Å²) in [5, 5.41) is 4.27. The number of imide groups is 2. The molecule has 0 unspecified atom stereocenters. The Balaban J connectivity index is 1.78. The maximum atomic E-state index is 12.5. The van der Waals surface area contributed by atoms with Crippen molar-refractivity contribution in [2.45, 2.75) is 5.92 Å². The lowest BCUT2D eigenvalue weighted by Crippen LogP contribution is -2.51. The quantitative estimate of drug-likeness (QED) is 0.495. The van der Waals surface area contributed by atoms with Crippen molar-refractivity contribution in [2.75, 3.05) is 0 Å². The smallest absolute Gasteiger partial charge is 0.328 e. The van der Waals surface area contributed by atoms with E-state index in [1.165, 1.54) is 6.08 Å². The molecule has 6 heteroatoms. The molecule has 156 valence electrons. The molecule has 1 fully saturated rings. The van der Waals surface area contributed by atoms with E-state index in [0.717, 1.165) is 16.7 Å². The number of carbonyl (C=O) groups is 3. The molecule has 6 nitrogen and oxygen atoms in total. The van der Waals surface area contributed by atoms with Crippen LogP contribution in [0, 0.1) is 0 Å². The molecule has 0 aromatic heterocycles. The standard InChI is InChI=1S/C26H18N2O4/c29-24-20(25(30)28-26(31)27-24)15-19-22(16-9-3-1-4-10-16)18-13-7-8-14-21(18)32-23(19)17-11-5-2-6-12-17/h1-15,22H,(H2,27,28,29,30,31)/t22-/m0/s1. The number of barbiturate groups is 1. The number of benzene rings is 3. The number of allylic oxidation sites excluding steroid dienone is 2. The summed E-state index contributed by atoms with van der Waals surface area (Å²) in [5.74, 6) is -0.533. The third-order valence-corrected chi connectivity index (χ3v) is 5.43. The van der Waals surface area contributed by atoms with E-state index in [4.69, 9.17) is 4.74 Å². The Hall–Kier alpha value is -4.45. The van der Waals surface area contributed by atoms with E-state index in [-0.39, 0.29) is 11.5 Å². The predicted octanol–water partition coefficient (Wildman–Crippen LogP) is 3.91. The Morgan fingerprint density at radius 3 is 2.00 bits per heavy atom. The second-order valence-electron chi connectivity index (χ2n) is 7.43. The Morgan fingerprint density at radius 2 is 1.31 bits per heavy atom. The summed E-state index contributed by atoms with van der Waals surface area (Å²) >= 11 is 0. The zero-order valence-corrected chi connectivity index (χ0v) is 16.9. The van der Waals surface area contributed by atoms with E-state index in [0.29, 0.717) is 17.1 Å². The molecule has 0 bridgehead atoms. The number of ether oxygens (including phenoxy) is 1. The Labute approximate surface area is 184 Å². The van der Waals surface area contributed by atoms with Crippen LogP contribution in [0.1, 0.15) is 22.6 Å². The van der Waals surface area contributed by atoms with Gasteiger partial charge in [0.05, 0.1) is 0 Å². The minimum Gasteiger partial charge on any atom is -0.456 e. The lowest BCUT2D eigenvalue weighted by molar-refractivity contribution is -0.124. The molecule has 3 aromatic carbocycles. The summed E-state index contributed by atoms with van der Waals surface area (Å²) in [6.07, 6.45) is 1.52. The van der Waals surface area contributed by atoms with Crippen molar-refractivity contribution in [3.05, 3.63) is 119 Å². The number of hydrogen-bond donors (Lipinski definition) is 2. The van der Waals surface area contributed by atoms with Crippen molar-refractivity contribution in [1.82, 2.24) is 10.6 Å². The summed E-state index contributed by atoms with van der Waals surface area (Å²) in [5.41, 5.74) is 3.20. The van der Waals surface area contributed by atoms with Crippen molar-refractivity contribution in [1.29, 1.82) is 0 Å². The van der Waals surface area contributed by atoms with Crippen molar-refractivity contribution in [2.24, 2.45) is 0 Å². The molecule has 1 saturated heterocycles. The van der Waals surface area contributed by atoms with E-state index in [1.807, 2.05) is 84.9 Å². The summed E-state index contributed by atoms with van der Waals surface area (Å²) in [7, 11) is 0. The van der Waals surface area contributed by atoms with Gasteiger partial charge < -0.3 is 4.74 Å². The van der Waals surface area contributed by atoms with E-state index < -0.39 is 17.8 Å². The third kappa shape index (κ3) is 3.48. The molecule has 2 N–H and O–H groups in total. The monoisotopic (exact) mass is 422 g/mol. The molecule has 2 heterocycles. The van der Waals surface area contributed by atoms with Gasteiger partial charge in [0.1, 0.15) is 17.1 Å². The molecule has 4 amide bonds. The minimum atomic E-state index is -0.834. The average molecular weight is 422 g/mol. The zero-order valence-electron chi connectivity index (χ0n) is 16.9. The molecule has 0 saturated carbocycles. The molecular weight excluding hydrogens is 404 g/mol. The van der Waals surface area contributed by atoms with Gasteiger partial charge in [-0.2, -0.15) is 0 Å². The number of para-hydroxylation sites is 1. The number of fused-ring (bicyclic) bond motifs is 1. The fourth-order valence-electron chi connectivity index (χ4n) is 4.01. The second kappa shape index (κ2) is 8.00. The number of rotatable bonds is 3. The highest BCUT2D eigenvalue weighted by Gasteiger charge is 2.34.